The highest BCUT2D eigenvalue weighted by atomic mass is 16.5. The summed E-state index contributed by atoms with van der Waals surface area (Å²) in [6.45, 7) is 1.04. The van der Waals surface area contributed by atoms with Crippen molar-refractivity contribution in [3.63, 3.8) is 0 Å². The molecular formula is C14H16N4O4. The minimum absolute atomic E-state index is 0.126. The van der Waals surface area contributed by atoms with Gasteiger partial charge in [0, 0.05) is 19.2 Å². The largest absolute Gasteiger partial charge is 0.481 e. The topological polar surface area (TPSA) is 97.5 Å². The van der Waals surface area contributed by atoms with Crippen LogP contribution < -0.4 is 0 Å². The number of hydrogen-bond donors (Lipinski definition) is 1. The van der Waals surface area contributed by atoms with E-state index in [0.717, 1.165) is 5.52 Å². The van der Waals surface area contributed by atoms with Gasteiger partial charge in [0.1, 0.15) is 5.52 Å². The van der Waals surface area contributed by atoms with E-state index in [1.54, 1.807) is 34.8 Å². The molecule has 1 amide bonds. The fourth-order valence-electron chi connectivity index (χ4n) is 2.63. The third kappa shape index (κ3) is 2.64. The number of carbonyl (C=O) groups is 2. The van der Waals surface area contributed by atoms with Crippen molar-refractivity contribution < 1.29 is 19.4 Å². The van der Waals surface area contributed by atoms with Crippen LogP contribution >= 0.6 is 0 Å². The van der Waals surface area contributed by atoms with Crippen LogP contribution in [0.15, 0.2) is 18.2 Å². The molecule has 0 bridgehead atoms. The molecule has 1 aromatic heterocycles. The van der Waals surface area contributed by atoms with Crippen LogP contribution in [0.1, 0.15) is 16.8 Å². The van der Waals surface area contributed by atoms with Crippen molar-refractivity contribution in [3.8, 4) is 0 Å². The molecular weight excluding hydrogens is 288 g/mol. The van der Waals surface area contributed by atoms with E-state index in [9.17, 15) is 9.59 Å². The van der Waals surface area contributed by atoms with E-state index in [-0.39, 0.29) is 18.9 Å². The maximum absolute atomic E-state index is 12.7. The van der Waals surface area contributed by atoms with Crippen LogP contribution in [0.2, 0.25) is 0 Å². The number of amides is 1. The SMILES string of the molecule is Cn1nnc2cc(C(=O)N3CCOCC3CC(=O)O)ccc21. The van der Waals surface area contributed by atoms with Crippen LogP contribution in [-0.4, -0.2) is 62.7 Å². The first-order chi connectivity index (χ1) is 10.6. The molecule has 2 heterocycles. The van der Waals surface area contributed by atoms with Crippen LogP contribution in [0, 0.1) is 0 Å². The van der Waals surface area contributed by atoms with E-state index < -0.39 is 12.0 Å². The highest BCUT2D eigenvalue weighted by Gasteiger charge is 2.30. The molecule has 22 heavy (non-hydrogen) atoms. The second kappa shape index (κ2) is 5.72. The zero-order chi connectivity index (χ0) is 15.7. The lowest BCUT2D eigenvalue weighted by atomic mass is 10.1. The molecule has 1 atom stereocenters. The summed E-state index contributed by atoms with van der Waals surface area (Å²) in [6.07, 6.45) is -0.126. The molecule has 1 fully saturated rings. The quantitative estimate of drug-likeness (QED) is 0.875. The van der Waals surface area contributed by atoms with Crippen LogP contribution in [-0.2, 0) is 16.6 Å². The molecule has 0 aliphatic carbocycles. The molecule has 2 aromatic rings. The Balaban J connectivity index is 1.87. The minimum Gasteiger partial charge on any atom is -0.481 e. The lowest BCUT2D eigenvalue weighted by Gasteiger charge is -2.34. The molecule has 8 nitrogen and oxygen atoms in total. The van der Waals surface area contributed by atoms with Gasteiger partial charge in [0.15, 0.2) is 0 Å². The average molecular weight is 304 g/mol. The van der Waals surface area contributed by atoms with E-state index in [2.05, 4.69) is 10.3 Å². The van der Waals surface area contributed by atoms with Crippen LogP contribution in [0.3, 0.4) is 0 Å². The Bertz CT molecular complexity index is 727. The van der Waals surface area contributed by atoms with E-state index in [4.69, 9.17) is 9.84 Å². The molecule has 8 heteroatoms. The molecule has 3 rings (SSSR count). The van der Waals surface area contributed by atoms with Crippen molar-refractivity contribution in [1.82, 2.24) is 19.9 Å². The number of ether oxygens (including phenoxy) is 1. The normalized spacial score (nSPS) is 18.6. The molecule has 1 saturated heterocycles. The number of rotatable bonds is 3. The Morgan fingerprint density at radius 3 is 3.05 bits per heavy atom. The summed E-state index contributed by atoms with van der Waals surface area (Å²) in [5, 5.41) is 16.9. The van der Waals surface area contributed by atoms with Gasteiger partial charge < -0.3 is 14.7 Å². The van der Waals surface area contributed by atoms with Gasteiger partial charge in [0.2, 0.25) is 0 Å². The van der Waals surface area contributed by atoms with Crippen LogP contribution in [0.4, 0.5) is 0 Å². The Morgan fingerprint density at radius 2 is 2.27 bits per heavy atom. The monoisotopic (exact) mass is 304 g/mol. The van der Waals surface area contributed by atoms with Crippen LogP contribution in [0.25, 0.3) is 11.0 Å². The fraction of sp³-hybridized carbons (Fsp3) is 0.429. The first-order valence-corrected chi connectivity index (χ1v) is 6.96. The first kappa shape index (κ1) is 14.5. The molecule has 116 valence electrons. The number of fused-ring (bicyclic) bond motifs is 1. The van der Waals surface area contributed by atoms with Gasteiger partial charge in [-0.15, -0.1) is 5.10 Å². The predicted octanol–water partition coefficient (Wildman–Crippen LogP) is 0.284. The number of morpholine rings is 1. The van der Waals surface area contributed by atoms with Gasteiger partial charge in [-0.25, -0.2) is 4.68 Å². The van der Waals surface area contributed by atoms with Gasteiger partial charge in [-0.05, 0) is 18.2 Å². The number of hydrogen-bond acceptors (Lipinski definition) is 5. The molecule has 0 spiro atoms. The molecule has 1 aliphatic heterocycles. The summed E-state index contributed by atoms with van der Waals surface area (Å²) in [4.78, 5) is 25.2. The number of benzene rings is 1. The second-order valence-corrected chi connectivity index (χ2v) is 5.24. The Hall–Kier alpha value is -2.48. The van der Waals surface area contributed by atoms with Gasteiger partial charge >= 0.3 is 5.97 Å². The van der Waals surface area contributed by atoms with Crippen molar-refractivity contribution in [1.29, 1.82) is 0 Å². The number of carbonyl (C=O) groups excluding carboxylic acids is 1. The maximum Gasteiger partial charge on any atom is 0.305 e. The summed E-state index contributed by atoms with van der Waals surface area (Å²) >= 11 is 0. The first-order valence-electron chi connectivity index (χ1n) is 6.96. The summed E-state index contributed by atoms with van der Waals surface area (Å²) in [5.74, 6) is -1.15. The number of carboxylic acids is 1. The number of aliphatic carboxylic acids is 1. The third-order valence-corrected chi connectivity index (χ3v) is 3.76. The standard InChI is InChI=1S/C14H16N4O4/c1-17-12-3-2-9(6-11(12)15-16-17)14(21)18-4-5-22-8-10(18)7-13(19)20/h2-3,6,10H,4-5,7-8H2,1H3,(H,19,20). The number of nitrogens with zero attached hydrogens (tertiary/aromatic N) is 4. The zero-order valence-corrected chi connectivity index (χ0v) is 12.1. The Labute approximate surface area is 126 Å². The maximum atomic E-state index is 12.7. The summed E-state index contributed by atoms with van der Waals surface area (Å²) < 4.78 is 6.92. The molecule has 0 saturated carbocycles. The molecule has 1 N–H and O–H groups in total. The van der Waals surface area contributed by atoms with Crippen LogP contribution in [0.5, 0.6) is 0 Å². The minimum atomic E-state index is -0.947. The average Bonchev–Trinajstić information content (AvgIpc) is 2.87. The van der Waals surface area contributed by atoms with Crippen molar-refractivity contribution in [2.45, 2.75) is 12.5 Å². The summed E-state index contributed by atoms with van der Waals surface area (Å²) in [6, 6.07) is 4.73. The van der Waals surface area contributed by atoms with Crippen molar-refractivity contribution in [2.24, 2.45) is 7.05 Å². The van der Waals surface area contributed by atoms with Gasteiger partial charge in [-0.3, -0.25) is 9.59 Å². The van der Waals surface area contributed by atoms with Gasteiger partial charge in [0.05, 0.1) is 31.2 Å². The molecule has 1 unspecified atom stereocenters. The number of aryl methyl sites for hydroxylation is 1. The molecule has 0 radical (unpaired) electrons. The predicted molar refractivity (Wildman–Crippen MR) is 76.4 cm³/mol. The summed E-state index contributed by atoms with van der Waals surface area (Å²) in [5.41, 5.74) is 1.95. The Kier molecular flexibility index (Phi) is 3.76. The van der Waals surface area contributed by atoms with E-state index >= 15 is 0 Å². The third-order valence-electron chi connectivity index (χ3n) is 3.76. The number of aromatic nitrogens is 3. The Morgan fingerprint density at radius 1 is 1.45 bits per heavy atom. The lowest BCUT2D eigenvalue weighted by molar-refractivity contribution is -0.139. The smallest absolute Gasteiger partial charge is 0.305 e. The second-order valence-electron chi connectivity index (χ2n) is 5.24. The van der Waals surface area contributed by atoms with Crippen molar-refractivity contribution in [3.05, 3.63) is 23.8 Å². The fourth-order valence-corrected chi connectivity index (χ4v) is 2.63. The number of carboxylic acid groups (broad SMARTS) is 1. The van der Waals surface area contributed by atoms with E-state index in [0.29, 0.717) is 24.2 Å². The van der Waals surface area contributed by atoms with Gasteiger partial charge in [-0.2, -0.15) is 0 Å². The van der Waals surface area contributed by atoms with Crippen molar-refractivity contribution in [2.75, 3.05) is 19.8 Å². The van der Waals surface area contributed by atoms with Gasteiger partial charge in [-0.1, -0.05) is 5.21 Å². The highest BCUT2D eigenvalue weighted by molar-refractivity contribution is 5.97. The van der Waals surface area contributed by atoms with E-state index in [1.165, 1.54) is 0 Å². The zero-order valence-electron chi connectivity index (χ0n) is 12.1. The summed E-state index contributed by atoms with van der Waals surface area (Å²) in [7, 11) is 1.78. The van der Waals surface area contributed by atoms with Crippen molar-refractivity contribution >= 4 is 22.9 Å². The molecule has 1 aromatic carbocycles. The van der Waals surface area contributed by atoms with E-state index in [1.807, 2.05) is 0 Å². The lowest BCUT2D eigenvalue weighted by Crippen LogP contribution is -2.49. The highest BCUT2D eigenvalue weighted by Crippen LogP contribution is 2.18. The molecule has 1 aliphatic rings. The van der Waals surface area contributed by atoms with Gasteiger partial charge in [0.25, 0.3) is 5.91 Å².